The van der Waals surface area contributed by atoms with Crippen LogP contribution in [-0.4, -0.2) is 39.1 Å². The summed E-state index contributed by atoms with van der Waals surface area (Å²) in [5.41, 5.74) is 3.19. The lowest BCUT2D eigenvalue weighted by molar-refractivity contribution is -0.116. The third-order valence-corrected chi connectivity index (χ3v) is 4.37. The van der Waals surface area contributed by atoms with Crippen molar-refractivity contribution in [2.24, 2.45) is 0 Å². The quantitative estimate of drug-likeness (QED) is 0.693. The maximum absolute atomic E-state index is 12.3. The minimum atomic E-state index is -0.296. The number of imidazole rings is 1. The maximum atomic E-state index is 12.3. The Hall–Kier alpha value is -3.48. The van der Waals surface area contributed by atoms with E-state index in [1.807, 2.05) is 12.1 Å². The van der Waals surface area contributed by atoms with Gasteiger partial charge in [0.1, 0.15) is 0 Å². The van der Waals surface area contributed by atoms with Gasteiger partial charge in [-0.3, -0.25) is 19.3 Å². The topological polar surface area (TPSA) is 95.2 Å². The zero-order chi connectivity index (χ0) is 18.1. The number of imide groups is 1. The fourth-order valence-electron chi connectivity index (χ4n) is 3.08. The first-order chi connectivity index (χ1) is 12.6. The molecule has 0 atom stereocenters. The van der Waals surface area contributed by atoms with Crippen molar-refractivity contribution in [1.82, 2.24) is 14.9 Å². The summed E-state index contributed by atoms with van der Waals surface area (Å²) in [5.74, 6) is -0.758. The van der Waals surface area contributed by atoms with E-state index < -0.39 is 0 Å². The lowest BCUT2D eigenvalue weighted by atomic mass is 10.1. The molecule has 0 saturated heterocycles. The predicted octanol–water partition coefficient (Wildman–Crippen LogP) is 2.58. The first-order valence-electron chi connectivity index (χ1n) is 8.32. The zero-order valence-corrected chi connectivity index (χ0v) is 13.9. The molecular weight excluding hydrogens is 332 g/mol. The van der Waals surface area contributed by atoms with E-state index in [9.17, 15) is 14.4 Å². The van der Waals surface area contributed by atoms with Crippen molar-refractivity contribution in [3.8, 4) is 0 Å². The van der Waals surface area contributed by atoms with Crippen LogP contribution in [0.1, 0.15) is 33.6 Å². The number of amides is 3. The molecule has 130 valence electrons. The molecule has 0 spiro atoms. The second kappa shape index (κ2) is 6.44. The number of aromatic amines is 1. The van der Waals surface area contributed by atoms with E-state index in [4.69, 9.17) is 0 Å². The molecular formula is C19H16N4O3. The van der Waals surface area contributed by atoms with Gasteiger partial charge in [-0.25, -0.2) is 4.98 Å². The van der Waals surface area contributed by atoms with E-state index in [1.54, 1.807) is 36.7 Å². The van der Waals surface area contributed by atoms with Gasteiger partial charge in [0.25, 0.3) is 11.8 Å². The van der Waals surface area contributed by atoms with Gasteiger partial charge in [0, 0.05) is 18.7 Å². The number of hydrogen-bond acceptors (Lipinski definition) is 4. The van der Waals surface area contributed by atoms with Crippen molar-refractivity contribution in [3.63, 3.8) is 0 Å². The molecule has 2 aromatic carbocycles. The fourth-order valence-corrected chi connectivity index (χ4v) is 3.08. The van der Waals surface area contributed by atoms with Gasteiger partial charge < -0.3 is 10.3 Å². The summed E-state index contributed by atoms with van der Waals surface area (Å²) in [6.45, 7) is 0.222. The summed E-state index contributed by atoms with van der Waals surface area (Å²) in [6, 6.07) is 12.2. The minimum absolute atomic E-state index is 0.166. The molecule has 0 radical (unpaired) electrons. The lowest BCUT2D eigenvalue weighted by Gasteiger charge is -2.13. The van der Waals surface area contributed by atoms with E-state index in [-0.39, 0.29) is 30.7 Å². The molecule has 2 heterocycles. The number of carbonyl (C=O) groups excluding carboxylic acids is 3. The Morgan fingerprint density at radius 1 is 1.08 bits per heavy atom. The highest BCUT2D eigenvalue weighted by molar-refractivity contribution is 6.21. The second-order valence-corrected chi connectivity index (χ2v) is 6.09. The molecule has 1 aromatic heterocycles. The Labute approximate surface area is 149 Å². The molecule has 4 rings (SSSR count). The molecule has 0 fully saturated rings. The first-order valence-corrected chi connectivity index (χ1v) is 8.32. The third kappa shape index (κ3) is 2.83. The summed E-state index contributed by atoms with van der Waals surface area (Å²) in [6.07, 6.45) is 2.22. The van der Waals surface area contributed by atoms with Crippen LogP contribution in [0.2, 0.25) is 0 Å². The number of aromatic nitrogens is 2. The number of rotatable bonds is 5. The van der Waals surface area contributed by atoms with Crippen LogP contribution < -0.4 is 5.32 Å². The smallest absolute Gasteiger partial charge is 0.261 e. The van der Waals surface area contributed by atoms with Gasteiger partial charge in [0.05, 0.1) is 28.5 Å². The normalized spacial score (nSPS) is 13.3. The molecule has 1 aliphatic rings. The van der Waals surface area contributed by atoms with Crippen molar-refractivity contribution in [3.05, 3.63) is 59.9 Å². The highest BCUT2D eigenvalue weighted by Crippen LogP contribution is 2.22. The molecule has 3 aromatic rings. The van der Waals surface area contributed by atoms with Crippen LogP contribution in [0.25, 0.3) is 11.0 Å². The summed E-state index contributed by atoms with van der Waals surface area (Å²) in [4.78, 5) is 45.0. The molecule has 0 saturated carbocycles. The van der Waals surface area contributed by atoms with E-state index in [0.717, 1.165) is 11.0 Å². The van der Waals surface area contributed by atoms with Crippen LogP contribution in [0, 0.1) is 0 Å². The third-order valence-electron chi connectivity index (χ3n) is 4.37. The molecule has 26 heavy (non-hydrogen) atoms. The van der Waals surface area contributed by atoms with Crippen molar-refractivity contribution in [1.29, 1.82) is 0 Å². The molecule has 7 nitrogen and oxygen atoms in total. The Morgan fingerprint density at radius 2 is 1.81 bits per heavy atom. The van der Waals surface area contributed by atoms with Gasteiger partial charge in [-0.15, -0.1) is 0 Å². The highest BCUT2D eigenvalue weighted by atomic mass is 16.2. The zero-order valence-electron chi connectivity index (χ0n) is 13.9. The highest BCUT2D eigenvalue weighted by Gasteiger charge is 2.34. The SMILES string of the molecule is O=C(CCCN1C(=O)c2ccccc2C1=O)Nc1ccc2nc[nH]c2c1. The van der Waals surface area contributed by atoms with Crippen LogP contribution >= 0.6 is 0 Å². The average molecular weight is 348 g/mol. The van der Waals surface area contributed by atoms with E-state index >= 15 is 0 Å². The van der Waals surface area contributed by atoms with Gasteiger partial charge in [-0.1, -0.05) is 12.1 Å². The van der Waals surface area contributed by atoms with E-state index in [0.29, 0.717) is 23.2 Å². The van der Waals surface area contributed by atoms with Gasteiger partial charge in [-0.05, 0) is 36.8 Å². The molecule has 0 unspecified atom stereocenters. The molecule has 3 amide bonds. The summed E-state index contributed by atoms with van der Waals surface area (Å²) in [7, 11) is 0. The average Bonchev–Trinajstić information content (AvgIpc) is 3.20. The minimum Gasteiger partial charge on any atom is -0.345 e. The molecule has 2 N–H and O–H groups in total. The molecule has 0 bridgehead atoms. The number of nitrogens with zero attached hydrogens (tertiary/aromatic N) is 2. The molecule has 1 aliphatic heterocycles. The van der Waals surface area contributed by atoms with E-state index in [1.165, 1.54) is 4.90 Å². The number of hydrogen-bond donors (Lipinski definition) is 2. The van der Waals surface area contributed by atoms with Gasteiger partial charge in [0.2, 0.25) is 5.91 Å². The number of carbonyl (C=O) groups is 3. The lowest BCUT2D eigenvalue weighted by Crippen LogP contribution is -2.31. The van der Waals surface area contributed by atoms with Crippen LogP contribution in [0.15, 0.2) is 48.8 Å². The monoisotopic (exact) mass is 348 g/mol. The summed E-state index contributed by atoms with van der Waals surface area (Å²) >= 11 is 0. The van der Waals surface area contributed by atoms with Crippen LogP contribution in [0.4, 0.5) is 5.69 Å². The van der Waals surface area contributed by atoms with Crippen LogP contribution in [-0.2, 0) is 4.79 Å². The number of anilines is 1. The molecule has 0 aliphatic carbocycles. The first kappa shape index (κ1) is 16.0. The number of benzene rings is 2. The van der Waals surface area contributed by atoms with Gasteiger partial charge in [-0.2, -0.15) is 0 Å². The van der Waals surface area contributed by atoms with Crippen molar-refractivity contribution >= 4 is 34.4 Å². The Kier molecular flexibility index (Phi) is 3.96. The van der Waals surface area contributed by atoms with Crippen LogP contribution in [0.3, 0.4) is 0 Å². The van der Waals surface area contributed by atoms with E-state index in [2.05, 4.69) is 15.3 Å². The number of H-pyrrole nitrogens is 1. The predicted molar refractivity (Wildman–Crippen MR) is 95.8 cm³/mol. The standard InChI is InChI=1S/C19H16N4O3/c24-17(22-12-7-8-15-16(10-12)21-11-20-15)6-3-9-23-18(25)13-4-1-2-5-14(13)19(23)26/h1-2,4-5,7-8,10-11H,3,6,9H2,(H,20,21)(H,22,24). The van der Waals surface area contributed by atoms with Crippen LogP contribution in [0.5, 0.6) is 0 Å². The van der Waals surface area contributed by atoms with Crippen molar-refractivity contribution in [2.75, 3.05) is 11.9 Å². The Morgan fingerprint density at radius 3 is 2.54 bits per heavy atom. The van der Waals surface area contributed by atoms with Gasteiger partial charge >= 0.3 is 0 Å². The van der Waals surface area contributed by atoms with Crippen molar-refractivity contribution in [2.45, 2.75) is 12.8 Å². The second-order valence-electron chi connectivity index (χ2n) is 6.09. The molecule has 7 heteroatoms. The number of fused-ring (bicyclic) bond motifs is 2. The maximum Gasteiger partial charge on any atom is 0.261 e. The summed E-state index contributed by atoms with van der Waals surface area (Å²) < 4.78 is 0. The largest absolute Gasteiger partial charge is 0.345 e. The Balaban J connectivity index is 1.33. The Bertz CT molecular complexity index is 989. The summed E-state index contributed by atoms with van der Waals surface area (Å²) in [5, 5.41) is 2.81. The van der Waals surface area contributed by atoms with Crippen molar-refractivity contribution < 1.29 is 14.4 Å². The van der Waals surface area contributed by atoms with Gasteiger partial charge in [0.15, 0.2) is 0 Å². The fraction of sp³-hybridized carbons (Fsp3) is 0.158. The number of nitrogens with one attached hydrogen (secondary N) is 2.